The van der Waals surface area contributed by atoms with Crippen molar-refractivity contribution < 1.29 is 26.2 Å². The molecule has 0 saturated carbocycles. The molecule has 9 rings (SSSR count). The van der Waals surface area contributed by atoms with E-state index in [-0.39, 0.29) is 37.0 Å². The van der Waals surface area contributed by atoms with Crippen molar-refractivity contribution in [3.8, 4) is 33.4 Å². The predicted octanol–water partition coefficient (Wildman–Crippen LogP) is 14.4. The van der Waals surface area contributed by atoms with Crippen molar-refractivity contribution in [1.82, 2.24) is 0 Å². The summed E-state index contributed by atoms with van der Waals surface area (Å²) in [6.07, 6.45) is 0. The summed E-state index contributed by atoms with van der Waals surface area (Å²) in [6.45, 7) is 22.8. The molecule has 8 aromatic carbocycles. The van der Waals surface area contributed by atoms with Crippen molar-refractivity contribution in [1.29, 1.82) is 0 Å². The molecule has 0 atom stereocenters. The minimum Gasteiger partial charge on any atom is -0.184 e. The van der Waals surface area contributed by atoms with Crippen molar-refractivity contribution >= 4 is 41.4 Å². The predicted molar refractivity (Wildman–Crippen MR) is 251 cm³/mol. The Hall–Kier alpha value is -4.36. The van der Waals surface area contributed by atoms with Crippen molar-refractivity contribution in [2.75, 3.05) is 0 Å². The zero-order valence-corrected chi connectivity index (χ0v) is 39.5. The molecule has 0 saturated heterocycles. The quantitative estimate of drug-likeness (QED) is 0.122. The van der Waals surface area contributed by atoms with Crippen LogP contribution < -0.4 is 10.4 Å². The van der Waals surface area contributed by atoms with E-state index in [0.717, 1.165) is 9.52 Å². The largest absolute Gasteiger partial charge is 3.00 e. The molecule has 58 heavy (non-hydrogen) atoms. The number of fused-ring (bicyclic) bond motifs is 5. The van der Waals surface area contributed by atoms with Gasteiger partial charge in [-0.05, 0) is 44.9 Å². The summed E-state index contributed by atoms with van der Waals surface area (Å²) < 4.78 is 0. The molecule has 1 heterocycles. The molecule has 8 aromatic rings. The first kappa shape index (κ1) is 43.2. The Kier molecular flexibility index (Phi) is 13.3. The van der Waals surface area contributed by atoms with Crippen LogP contribution in [0, 0.1) is 6.07 Å². The molecule has 0 aliphatic carbocycles. The molecule has 0 nitrogen and oxygen atoms in total. The molecule has 0 amide bonds. The van der Waals surface area contributed by atoms with Gasteiger partial charge in [0.25, 0.3) is 0 Å². The van der Waals surface area contributed by atoms with Crippen LogP contribution in [0.1, 0.15) is 103 Å². The third kappa shape index (κ3) is 9.25. The van der Waals surface area contributed by atoms with Gasteiger partial charge in [-0.1, -0.05) is 176 Å². The zero-order chi connectivity index (χ0) is 40.5. The van der Waals surface area contributed by atoms with Gasteiger partial charge < -0.3 is 0 Å². The SMILES string of the molecule is CC(C)c1cc2c(-c3ccccc3C(C)(C)C)cccc2[cH-]1.CC(C)c1cc2c(-c3ccccc3C(C)(C)C)cccc2[cH-]1.[Zr+3].[c-]1cccc2c1[Si]c1ccccc1-2. The molecule has 1 aliphatic rings. The third-order valence-corrected chi connectivity index (χ3v) is 12.6. The zero-order valence-electron chi connectivity index (χ0n) is 36.1. The first-order valence-corrected chi connectivity index (χ1v) is 21.7. The summed E-state index contributed by atoms with van der Waals surface area (Å²) in [5, 5.41) is 8.28. The fourth-order valence-corrected chi connectivity index (χ4v) is 9.43. The fraction of sp³-hybridized carbons (Fsp3) is 0.250. The molecule has 3 radical (unpaired) electrons. The molecule has 289 valence electrons. The van der Waals surface area contributed by atoms with E-state index in [9.17, 15) is 0 Å². The van der Waals surface area contributed by atoms with Crippen LogP contribution in [0.2, 0.25) is 0 Å². The standard InChI is InChI=1S/2C22H25.C12H7Si.Zr/c2*1-15(2)17-13-16-9-8-11-18(20(16)14-17)19-10-6-7-12-21(19)22(3,4)5;1-3-7-11-9(5-1)10-6-2-4-8-12(10)13-11;/h2*6-15H,1-5H3;1-7H;/q3*-1;+3. The van der Waals surface area contributed by atoms with Crippen LogP contribution in [0.4, 0.5) is 0 Å². The third-order valence-electron chi connectivity index (χ3n) is 11.3. The molecular formula is C56H57SiZr. The Balaban J connectivity index is 0.000000150. The maximum Gasteiger partial charge on any atom is 3.00 e. The summed E-state index contributed by atoms with van der Waals surface area (Å²) in [6, 6.07) is 58.6. The molecule has 0 bridgehead atoms. The first-order valence-electron chi connectivity index (χ1n) is 20.7. The van der Waals surface area contributed by atoms with Crippen molar-refractivity contribution in [2.24, 2.45) is 0 Å². The monoisotopic (exact) mass is 847 g/mol. The van der Waals surface area contributed by atoms with Crippen molar-refractivity contribution in [3.05, 3.63) is 180 Å². The summed E-state index contributed by atoms with van der Waals surface area (Å²) >= 11 is 0. The van der Waals surface area contributed by atoms with Gasteiger partial charge in [0.05, 0.1) is 9.52 Å². The molecule has 0 spiro atoms. The maximum atomic E-state index is 3.31. The normalized spacial score (nSPS) is 12.1. The first-order chi connectivity index (χ1) is 27.2. The Labute approximate surface area is 370 Å². The van der Waals surface area contributed by atoms with E-state index >= 15 is 0 Å². The average molecular weight is 849 g/mol. The average Bonchev–Trinajstić information content (AvgIpc) is 3.93. The van der Waals surface area contributed by atoms with E-state index < -0.39 is 0 Å². The van der Waals surface area contributed by atoms with Gasteiger partial charge in [0.2, 0.25) is 0 Å². The van der Waals surface area contributed by atoms with E-state index in [1.54, 1.807) is 0 Å². The van der Waals surface area contributed by atoms with Gasteiger partial charge in [0.15, 0.2) is 0 Å². The topological polar surface area (TPSA) is 0 Å². The molecule has 0 fully saturated rings. The van der Waals surface area contributed by atoms with E-state index in [1.807, 2.05) is 6.07 Å². The minimum atomic E-state index is 0. The number of benzene rings is 6. The van der Waals surface area contributed by atoms with E-state index in [2.05, 4.69) is 221 Å². The van der Waals surface area contributed by atoms with Gasteiger partial charge in [-0.2, -0.15) is 41.6 Å². The number of hydrogen-bond acceptors (Lipinski definition) is 0. The summed E-state index contributed by atoms with van der Waals surface area (Å²) in [4.78, 5) is 0. The van der Waals surface area contributed by atoms with Crippen molar-refractivity contribution in [3.63, 3.8) is 0 Å². The molecule has 0 aromatic heterocycles. The fourth-order valence-electron chi connectivity index (χ4n) is 8.12. The molecule has 0 N–H and O–H groups in total. The molecule has 2 heteroatoms. The van der Waals surface area contributed by atoms with Gasteiger partial charge in [-0.25, -0.2) is 0 Å². The molecule has 0 unspecified atom stereocenters. The van der Waals surface area contributed by atoms with Crippen LogP contribution in [0.3, 0.4) is 0 Å². The second-order valence-electron chi connectivity index (χ2n) is 18.2. The summed E-state index contributed by atoms with van der Waals surface area (Å²) in [5.41, 5.74) is 14.2. The second kappa shape index (κ2) is 17.9. The van der Waals surface area contributed by atoms with E-state index in [4.69, 9.17) is 0 Å². The van der Waals surface area contributed by atoms with Crippen molar-refractivity contribution in [2.45, 2.75) is 91.9 Å². The van der Waals surface area contributed by atoms with Gasteiger partial charge in [-0.3, -0.25) is 0 Å². The summed E-state index contributed by atoms with van der Waals surface area (Å²) in [7, 11) is 0.795. The second-order valence-corrected chi connectivity index (χ2v) is 19.5. The van der Waals surface area contributed by atoms with Crippen LogP contribution in [-0.2, 0) is 37.0 Å². The van der Waals surface area contributed by atoms with Gasteiger partial charge in [0, 0.05) is 0 Å². The Morgan fingerprint density at radius 3 is 1.34 bits per heavy atom. The molecular weight excluding hydrogens is 792 g/mol. The van der Waals surface area contributed by atoms with Crippen LogP contribution in [0.5, 0.6) is 0 Å². The Morgan fingerprint density at radius 2 is 0.879 bits per heavy atom. The van der Waals surface area contributed by atoms with Crippen LogP contribution >= 0.6 is 0 Å². The number of hydrogen-bond donors (Lipinski definition) is 0. The smallest absolute Gasteiger partial charge is 0.184 e. The maximum absolute atomic E-state index is 3.31. The van der Waals surface area contributed by atoms with E-state index in [1.165, 1.54) is 87.6 Å². The minimum absolute atomic E-state index is 0. The van der Waals surface area contributed by atoms with Crippen LogP contribution in [-0.4, -0.2) is 9.52 Å². The van der Waals surface area contributed by atoms with E-state index in [0.29, 0.717) is 11.8 Å². The van der Waals surface area contributed by atoms with Gasteiger partial charge >= 0.3 is 26.2 Å². The Bertz CT molecular complexity index is 2450. The number of rotatable bonds is 4. The Morgan fingerprint density at radius 1 is 0.466 bits per heavy atom. The van der Waals surface area contributed by atoms with Gasteiger partial charge in [0.1, 0.15) is 0 Å². The van der Waals surface area contributed by atoms with Crippen LogP contribution in [0.25, 0.3) is 54.9 Å². The summed E-state index contributed by atoms with van der Waals surface area (Å²) in [5.74, 6) is 1.14. The van der Waals surface area contributed by atoms with Crippen LogP contribution in [0.15, 0.2) is 152 Å². The molecule has 1 aliphatic heterocycles. The van der Waals surface area contributed by atoms with Gasteiger partial charge in [-0.15, -0.1) is 74.6 Å².